The number of benzene rings is 2. The smallest absolute Gasteiger partial charge is 0.387 e. The van der Waals surface area contributed by atoms with Crippen LogP contribution in [0.15, 0.2) is 42.5 Å². The minimum atomic E-state index is -2.92. The lowest BCUT2D eigenvalue weighted by Gasteiger charge is -2.40. The average Bonchev–Trinajstić information content (AvgIpc) is 2.73. The molecule has 5 atom stereocenters. The molecule has 0 aliphatic carbocycles. The predicted octanol–water partition coefficient (Wildman–Crippen LogP) is 1.27. The van der Waals surface area contributed by atoms with Crippen LogP contribution < -0.4 is 4.74 Å². The Balaban J connectivity index is 1.86. The zero-order valence-corrected chi connectivity index (χ0v) is 15.7. The summed E-state index contributed by atoms with van der Waals surface area (Å²) < 4.78 is 34.5. The van der Waals surface area contributed by atoms with Crippen LogP contribution in [-0.4, -0.2) is 58.1 Å². The van der Waals surface area contributed by atoms with E-state index in [1.165, 1.54) is 12.1 Å². The Morgan fingerprint density at radius 1 is 1.03 bits per heavy atom. The van der Waals surface area contributed by atoms with Gasteiger partial charge < -0.3 is 29.9 Å². The number of rotatable bonds is 6. The van der Waals surface area contributed by atoms with Gasteiger partial charge in [-0.3, -0.25) is 0 Å². The summed E-state index contributed by atoms with van der Waals surface area (Å²) >= 11 is 0. The summed E-state index contributed by atoms with van der Waals surface area (Å²) in [5.41, 5.74) is 2.16. The first-order valence-corrected chi connectivity index (χ1v) is 9.21. The Labute approximate surface area is 171 Å². The summed E-state index contributed by atoms with van der Waals surface area (Å²) in [7, 11) is 0. The summed E-state index contributed by atoms with van der Waals surface area (Å²) in [6.07, 6.45) is -6.18. The predicted molar refractivity (Wildman–Crippen MR) is 99.8 cm³/mol. The first-order valence-electron chi connectivity index (χ1n) is 9.21. The van der Waals surface area contributed by atoms with Crippen molar-refractivity contribution in [3.63, 3.8) is 0 Å². The summed E-state index contributed by atoms with van der Waals surface area (Å²) in [4.78, 5) is 0. The van der Waals surface area contributed by atoms with Crippen molar-refractivity contribution in [1.82, 2.24) is 0 Å². The van der Waals surface area contributed by atoms with E-state index in [0.29, 0.717) is 23.1 Å². The van der Waals surface area contributed by atoms with E-state index in [9.17, 15) is 34.5 Å². The Hall–Kier alpha value is -2.61. The molecule has 1 fully saturated rings. The fraction of sp³-hybridized carbons (Fsp3) is 0.381. The minimum absolute atomic E-state index is 0.0179. The molecule has 1 saturated heterocycles. The molecule has 1 aliphatic rings. The summed E-state index contributed by atoms with van der Waals surface area (Å²) in [6.45, 7) is -3.46. The highest BCUT2D eigenvalue weighted by Crippen LogP contribution is 2.33. The summed E-state index contributed by atoms with van der Waals surface area (Å²) in [5, 5.41) is 49.0. The molecule has 2 aromatic rings. The Morgan fingerprint density at radius 2 is 1.73 bits per heavy atom. The highest BCUT2D eigenvalue weighted by Gasteiger charge is 2.44. The largest absolute Gasteiger partial charge is 0.435 e. The van der Waals surface area contributed by atoms with Gasteiger partial charge in [-0.25, -0.2) is 0 Å². The number of hydrogen-bond donors (Lipinski definition) is 4. The molecule has 0 bridgehead atoms. The molecule has 0 aromatic heterocycles. The van der Waals surface area contributed by atoms with Crippen molar-refractivity contribution >= 4 is 0 Å². The van der Waals surface area contributed by atoms with Crippen molar-refractivity contribution in [2.24, 2.45) is 0 Å². The first-order chi connectivity index (χ1) is 14.3. The molecular weight excluding hydrogens is 400 g/mol. The van der Waals surface area contributed by atoms with Gasteiger partial charge in [-0.1, -0.05) is 24.3 Å². The number of aliphatic hydroxyl groups is 4. The van der Waals surface area contributed by atoms with Gasteiger partial charge in [0.15, 0.2) is 0 Å². The number of alkyl halides is 2. The van der Waals surface area contributed by atoms with Crippen molar-refractivity contribution in [3.8, 4) is 11.8 Å². The zero-order valence-electron chi connectivity index (χ0n) is 15.7. The van der Waals surface area contributed by atoms with E-state index in [2.05, 4.69) is 10.8 Å². The van der Waals surface area contributed by atoms with E-state index in [-0.39, 0.29) is 5.75 Å². The third kappa shape index (κ3) is 4.75. The third-order valence-electron chi connectivity index (χ3n) is 5.01. The Kier molecular flexibility index (Phi) is 6.97. The van der Waals surface area contributed by atoms with Crippen LogP contribution in [0.2, 0.25) is 0 Å². The SMILES string of the molecule is N#Cc1ccc([C@@H]2OC(CO)[C@@H](O)[C@H](O)[C@H]2O)cc1Cc1ccc(OC(F)F)cc1. The molecule has 0 radical (unpaired) electrons. The maximum Gasteiger partial charge on any atom is 0.387 e. The van der Waals surface area contributed by atoms with Gasteiger partial charge in [0.1, 0.15) is 36.3 Å². The molecule has 4 N–H and O–H groups in total. The van der Waals surface area contributed by atoms with E-state index < -0.39 is 43.7 Å². The second-order valence-corrected chi connectivity index (χ2v) is 6.98. The van der Waals surface area contributed by atoms with Crippen molar-refractivity contribution in [1.29, 1.82) is 5.26 Å². The first kappa shape index (κ1) is 22.1. The lowest BCUT2D eigenvalue weighted by atomic mass is 9.89. The van der Waals surface area contributed by atoms with E-state index in [4.69, 9.17) is 4.74 Å². The molecule has 30 heavy (non-hydrogen) atoms. The van der Waals surface area contributed by atoms with Crippen LogP contribution in [0.5, 0.6) is 5.75 Å². The standard InChI is InChI=1S/C21H21F2NO6/c22-21(23)29-15-5-1-11(2-6-15)7-14-8-12(3-4-13(14)9-24)20-19(28)18(27)17(26)16(10-25)30-20/h1-6,8,16-21,25-28H,7,10H2/t16?,17-,18+,19-,20+/m1/s1. The summed E-state index contributed by atoms with van der Waals surface area (Å²) in [6, 6.07) is 12.8. The van der Waals surface area contributed by atoms with Gasteiger partial charge in [-0.05, 0) is 41.3 Å². The molecule has 1 heterocycles. The monoisotopic (exact) mass is 421 g/mol. The van der Waals surface area contributed by atoms with Gasteiger partial charge in [-0.15, -0.1) is 0 Å². The quantitative estimate of drug-likeness (QED) is 0.554. The number of aliphatic hydroxyl groups excluding tert-OH is 4. The molecule has 0 amide bonds. The van der Waals surface area contributed by atoms with Crippen LogP contribution >= 0.6 is 0 Å². The summed E-state index contributed by atoms with van der Waals surface area (Å²) in [5.74, 6) is 0.0179. The van der Waals surface area contributed by atoms with Crippen molar-refractivity contribution in [2.75, 3.05) is 6.61 Å². The number of nitrogens with zero attached hydrogens (tertiary/aromatic N) is 1. The van der Waals surface area contributed by atoms with Crippen molar-refractivity contribution < 1.29 is 38.7 Å². The highest BCUT2D eigenvalue weighted by atomic mass is 19.3. The van der Waals surface area contributed by atoms with Gasteiger partial charge in [0.05, 0.1) is 18.2 Å². The molecule has 1 unspecified atom stereocenters. The molecule has 0 saturated carbocycles. The minimum Gasteiger partial charge on any atom is -0.435 e. The van der Waals surface area contributed by atoms with Gasteiger partial charge in [0, 0.05) is 0 Å². The van der Waals surface area contributed by atoms with Gasteiger partial charge in [0.2, 0.25) is 0 Å². The molecule has 160 valence electrons. The fourth-order valence-corrected chi connectivity index (χ4v) is 3.43. The van der Waals surface area contributed by atoms with E-state index in [0.717, 1.165) is 5.56 Å². The Morgan fingerprint density at radius 3 is 2.33 bits per heavy atom. The van der Waals surface area contributed by atoms with Crippen molar-refractivity contribution in [3.05, 3.63) is 64.7 Å². The molecule has 0 spiro atoms. The molecule has 9 heteroatoms. The highest BCUT2D eigenvalue weighted by molar-refractivity contribution is 5.44. The average molecular weight is 421 g/mol. The lowest BCUT2D eigenvalue weighted by Crippen LogP contribution is -2.55. The van der Waals surface area contributed by atoms with E-state index >= 15 is 0 Å². The molecular formula is C21H21F2NO6. The lowest BCUT2D eigenvalue weighted by molar-refractivity contribution is -0.231. The van der Waals surface area contributed by atoms with Crippen LogP contribution in [-0.2, 0) is 11.2 Å². The number of hydrogen-bond acceptors (Lipinski definition) is 7. The topological polar surface area (TPSA) is 123 Å². The third-order valence-corrected chi connectivity index (χ3v) is 5.01. The molecule has 2 aromatic carbocycles. The van der Waals surface area contributed by atoms with Crippen LogP contribution in [0, 0.1) is 11.3 Å². The van der Waals surface area contributed by atoms with Gasteiger partial charge >= 0.3 is 6.61 Å². The van der Waals surface area contributed by atoms with Gasteiger partial charge in [-0.2, -0.15) is 14.0 Å². The molecule has 3 rings (SSSR count). The molecule has 1 aliphatic heterocycles. The maximum absolute atomic E-state index is 12.3. The number of ether oxygens (including phenoxy) is 2. The maximum atomic E-state index is 12.3. The number of halogens is 2. The fourth-order valence-electron chi connectivity index (χ4n) is 3.43. The van der Waals surface area contributed by atoms with Crippen LogP contribution in [0.1, 0.15) is 28.4 Å². The van der Waals surface area contributed by atoms with Crippen LogP contribution in [0.3, 0.4) is 0 Å². The van der Waals surface area contributed by atoms with Gasteiger partial charge in [0.25, 0.3) is 0 Å². The normalized spacial score (nSPS) is 26.4. The second-order valence-electron chi connectivity index (χ2n) is 6.98. The molecule has 7 nitrogen and oxygen atoms in total. The van der Waals surface area contributed by atoms with E-state index in [1.807, 2.05) is 0 Å². The number of nitriles is 1. The second kappa shape index (κ2) is 9.47. The van der Waals surface area contributed by atoms with Crippen molar-refractivity contribution in [2.45, 2.75) is 43.6 Å². The van der Waals surface area contributed by atoms with Crippen LogP contribution in [0.4, 0.5) is 8.78 Å². The zero-order chi connectivity index (χ0) is 21.8. The van der Waals surface area contributed by atoms with E-state index in [1.54, 1.807) is 30.3 Å². The van der Waals surface area contributed by atoms with Crippen LogP contribution in [0.25, 0.3) is 0 Å². The Bertz CT molecular complexity index is 899.